The Bertz CT molecular complexity index is 346. The Hall–Kier alpha value is -1.29. The molecule has 1 aromatic heterocycles. The Kier molecular flexibility index (Phi) is 5.77. The Labute approximate surface area is 102 Å². The molecular weight excluding hydrogens is 218 g/mol. The zero-order chi connectivity index (χ0) is 12.7. The fourth-order valence-corrected chi connectivity index (χ4v) is 1.57. The number of ether oxygens (including phenoxy) is 1. The van der Waals surface area contributed by atoms with Gasteiger partial charge in [-0.15, -0.1) is 0 Å². The van der Waals surface area contributed by atoms with Crippen LogP contribution >= 0.6 is 0 Å². The second kappa shape index (κ2) is 7.12. The number of rotatable bonds is 7. The Morgan fingerprint density at radius 2 is 2.29 bits per heavy atom. The molecule has 17 heavy (non-hydrogen) atoms. The molecule has 0 radical (unpaired) electrons. The van der Waals surface area contributed by atoms with Gasteiger partial charge in [0.15, 0.2) is 0 Å². The van der Waals surface area contributed by atoms with Gasteiger partial charge < -0.3 is 14.5 Å². The normalized spacial score (nSPS) is 12.4. The summed E-state index contributed by atoms with van der Waals surface area (Å²) < 4.78 is 10.4. The maximum absolute atomic E-state index is 11.1. The van der Waals surface area contributed by atoms with Gasteiger partial charge in [0.05, 0.1) is 12.6 Å². The molecule has 4 nitrogen and oxygen atoms in total. The second-order valence-electron chi connectivity index (χ2n) is 4.03. The van der Waals surface area contributed by atoms with Crippen LogP contribution in [0.25, 0.3) is 0 Å². The molecule has 0 fully saturated rings. The van der Waals surface area contributed by atoms with Crippen molar-refractivity contribution in [1.82, 2.24) is 5.32 Å². The fourth-order valence-electron chi connectivity index (χ4n) is 1.57. The first-order valence-electron chi connectivity index (χ1n) is 6.08. The molecule has 0 saturated carbocycles. The van der Waals surface area contributed by atoms with E-state index in [4.69, 9.17) is 9.15 Å². The highest BCUT2D eigenvalue weighted by Gasteiger charge is 2.08. The summed E-state index contributed by atoms with van der Waals surface area (Å²) in [6.45, 7) is 7.02. The van der Waals surface area contributed by atoms with Crippen molar-refractivity contribution in [3.05, 3.63) is 23.7 Å². The maximum Gasteiger partial charge on any atom is 0.305 e. The standard InChI is InChI=1S/C13H21NO3/c1-4-16-13(15)6-5-9-14-11(3)12-8-7-10(2)17-12/h7-8,11,14H,4-6,9H2,1-3H3. The highest BCUT2D eigenvalue weighted by Crippen LogP contribution is 2.15. The molecule has 1 unspecified atom stereocenters. The topological polar surface area (TPSA) is 51.5 Å². The molecule has 1 heterocycles. The molecule has 0 aromatic carbocycles. The summed E-state index contributed by atoms with van der Waals surface area (Å²) in [6.07, 6.45) is 1.24. The van der Waals surface area contributed by atoms with Crippen LogP contribution in [0, 0.1) is 6.92 Å². The van der Waals surface area contributed by atoms with Gasteiger partial charge in [-0.3, -0.25) is 4.79 Å². The number of hydrogen-bond acceptors (Lipinski definition) is 4. The number of carbonyl (C=O) groups is 1. The molecule has 96 valence electrons. The van der Waals surface area contributed by atoms with Crippen molar-refractivity contribution in [3.63, 3.8) is 0 Å². The first kappa shape index (κ1) is 13.8. The molecule has 0 saturated heterocycles. The van der Waals surface area contributed by atoms with E-state index in [9.17, 15) is 4.79 Å². The first-order chi connectivity index (χ1) is 8.13. The van der Waals surface area contributed by atoms with E-state index in [0.717, 1.165) is 24.5 Å². The van der Waals surface area contributed by atoms with E-state index >= 15 is 0 Å². The SMILES string of the molecule is CCOC(=O)CCCNC(C)c1ccc(C)o1. The van der Waals surface area contributed by atoms with Crippen LogP contribution in [-0.4, -0.2) is 19.1 Å². The van der Waals surface area contributed by atoms with Crippen molar-refractivity contribution in [1.29, 1.82) is 0 Å². The summed E-state index contributed by atoms with van der Waals surface area (Å²) in [4.78, 5) is 11.1. The zero-order valence-electron chi connectivity index (χ0n) is 10.8. The van der Waals surface area contributed by atoms with Crippen molar-refractivity contribution in [2.24, 2.45) is 0 Å². The molecule has 1 atom stereocenters. The predicted molar refractivity (Wildman–Crippen MR) is 65.7 cm³/mol. The van der Waals surface area contributed by atoms with E-state index in [2.05, 4.69) is 5.32 Å². The number of aryl methyl sites for hydroxylation is 1. The smallest absolute Gasteiger partial charge is 0.305 e. The summed E-state index contributed by atoms with van der Waals surface area (Å²) in [5, 5.41) is 3.31. The molecular formula is C13H21NO3. The summed E-state index contributed by atoms with van der Waals surface area (Å²) >= 11 is 0. The minimum atomic E-state index is -0.129. The number of carbonyl (C=O) groups excluding carboxylic acids is 1. The number of esters is 1. The molecule has 0 spiro atoms. The van der Waals surface area contributed by atoms with Crippen LogP contribution < -0.4 is 5.32 Å². The maximum atomic E-state index is 11.1. The Morgan fingerprint density at radius 3 is 2.88 bits per heavy atom. The van der Waals surface area contributed by atoms with Gasteiger partial charge in [-0.25, -0.2) is 0 Å². The zero-order valence-corrected chi connectivity index (χ0v) is 10.8. The highest BCUT2D eigenvalue weighted by molar-refractivity contribution is 5.69. The number of hydrogen-bond donors (Lipinski definition) is 1. The number of nitrogens with one attached hydrogen (secondary N) is 1. The number of furan rings is 1. The first-order valence-corrected chi connectivity index (χ1v) is 6.08. The van der Waals surface area contributed by atoms with Crippen molar-refractivity contribution in [2.75, 3.05) is 13.2 Å². The average Bonchev–Trinajstić information content (AvgIpc) is 2.71. The molecule has 0 amide bonds. The quantitative estimate of drug-likeness (QED) is 0.587. The Morgan fingerprint density at radius 1 is 1.53 bits per heavy atom. The Balaban J connectivity index is 2.16. The molecule has 4 heteroatoms. The molecule has 0 aliphatic heterocycles. The van der Waals surface area contributed by atoms with Gasteiger partial charge in [-0.2, -0.15) is 0 Å². The summed E-state index contributed by atoms with van der Waals surface area (Å²) in [6, 6.07) is 4.09. The second-order valence-corrected chi connectivity index (χ2v) is 4.03. The molecule has 1 N–H and O–H groups in total. The lowest BCUT2D eigenvalue weighted by Crippen LogP contribution is -2.20. The fraction of sp³-hybridized carbons (Fsp3) is 0.615. The van der Waals surface area contributed by atoms with E-state index < -0.39 is 0 Å². The molecule has 1 aromatic rings. The summed E-state index contributed by atoms with van der Waals surface area (Å²) in [5.41, 5.74) is 0. The van der Waals surface area contributed by atoms with E-state index in [1.165, 1.54) is 0 Å². The molecule has 0 bridgehead atoms. The molecule has 0 aliphatic rings. The monoisotopic (exact) mass is 239 g/mol. The van der Waals surface area contributed by atoms with Gasteiger partial charge in [0.2, 0.25) is 0 Å². The van der Waals surface area contributed by atoms with Crippen LogP contribution in [0.4, 0.5) is 0 Å². The van der Waals surface area contributed by atoms with Crippen LogP contribution in [-0.2, 0) is 9.53 Å². The van der Waals surface area contributed by atoms with Gasteiger partial charge in [0.25, 0.3) is 0 Å². The van der Waals surface area contributed by atoms with Crippen molar-refractivity contribution in [3.8, 4) is 0 Å². The molecule has 0 aliphatic carbocycles. The van der Waals surface area contributed by atoms with Crippen LogP contribution in [0.15, 0.2) is 16.5 Å². The van der Waals surface area contributed by atoms with E-state index in [0.29, 0.717) is 13.0 Å². The lowest BCUT2D eigenvalue weighted by Gasteiger charge is -2.10. The van der Waals surface area contributed by atoms with Crippen LogP contribution in [0.1, 0.15) is 44.3 Å². The van der Waals surface area contributed by atoms with Gasteiger partial charge in [0, 0.05) is 6.42 Å². The lowest BCUT2D eigenvalue weighted by molar-refractivity contribution is -0.143. The van der Waals surface area contributed by atoms with Gasteiger partial charge in [0.1, 0.15) is 11.5 Å². The van der Waals surface area contributed by atoms with E-state index in [1.54, 1.807) is 0 Å². The van der Waals surface area contributed by atoms with E-state index in [1.807, 2.05) is 32.9 Å². The van der Waals surface area contributed by atoms with Crippen molar-refractivity contribution in [2.45, 2.75) is 39.7 Å². The third-order valence-electron chi connectivity index (χ3n) is 2.50. The predicted octanol–water partition coefficient (Wildman–Crippen LogP) is 2.58. The lowest BCUT2D eigenvalue weighted by atomic mass is 10.2. The summed E-state index contributed by atoms with van der Waals surface area (Å²) in [7, 11) is 0. The van der Waals surface area contributed by atoms with Crippen LogP contribution in [0.2, 0.25) is 0 Å². The van der Waals surface area contributed by atoms with Gasteiger partial charge in [-0.05, 0) is 45.9 Å². The minimum absolute atomic E-state index is 0.129. The summed E-state index contributed by atoms with van der Waals surface area (Å²) in [5.74, 6) is 1.72. The van der Waals surface area contributed by atoms with Crippen molar-refractivity contribution < 1.29 is 13.9 Å². The average molecular weight is 239 g/mol. The highest BCUT2D eigenvalue weighted by atomic mass is 16.5. The minimum Gasteiger partial charge on any atom is -0.466 e. The van der Waals surface area contributed by atoms with Gasteiger partial charge in [-0.1, -0.05) is 0 Å². The third-order valence-corrected chi connectivity index (χ3v) is 2.50. The van der Waals surface area contributed by atoms with Crippen LogP contribution in [0.5, 0.6) is 0 Å². The van der Waals surface area contributed by atoms with Crippen molar-refractivity contribution >= 4 is 5.97 Å². The van der Waals surface area contributed by atoms with Crippen LogP contribution in [0.3, 0.4) is 0 Å². The van der Waals surface area contributed by atoms with E-state index in [-0.39, 0.29) is 12.0 Å². The molecule has 1 rings (SSSR count). The third kappa shape index (κ3) is 5.04. The largest absolute Gasteiger partial charge is 0.466 e. The van der Waals surface area contributed by atoms with Gasteiger partial charge >= 0.3 is 5.97 Å².